The van der Waals surface area contributed by atoms with Crippen molar-refractivity contribution in [1.82, 2.24) is 15.1 Å². The number of nitrogens with zero attached hydrogens (tertiary/aromatic N) is 2. The van der Waals surface area contributed by atoms with E-state index in [4.69, 9.17) is 0 Å². The maximum absolute atomic E-state index is 12.3. The van der Waals surface area contributed by atoms with Gasteiger partial charge in [-0.2, -0.15) is 0 Å². The third-order valence-electron chi connectivity index (χ3n) is 4.26. The van der Waals surface area contributed by atoms with E-state index in [0.29, 0.717) is 5.91 Å². The molecule has 0 atom stereocenters. The first-order chi connectivity index (χ1) is 10.2. The fraction of sp³-hybridized carbons (Fsp3) is 0.588. The molecule has 23 heavy (non-hydrogen) atoms. The number of piperidine rings is 1. The highest BCUT2D eigenvalue weighted by Crippen LogP contribution is 2.20. The average molecular weight is 362 g/mol. The summed E-state index contributed by atoms with van der Waals surface area (Å²) in [7, 11) is 3.83. The van der Waals surface area contributed by atoms with E-state index in [1.54, 1.807) is 0 Å². The molecule has 4 nitrogen and oxygen atoms in total. The number of likely N-dealkylation sites (N-methyl/N-ethyl adjacent to an activating group) is 2. The van der Waals surface area contributed by atoms with Gasteiger partial charge >= 0.3 is 0 Å². The van der Waals surface area contributed by atoms with Crippen molar-refractivity contribution in [2.75, 3.05) is 40.3 Å². The van der Waals surface area contributed by atoms with Crippen LogP contribution >= 0.6 is 24.8 Å². The summed E-state index contributed by atoms with van der Waals surface area (Å²) in [4.78, 5) is 16.7. The molecule has 6 heteroatoms. The molecule has 1 saturated heterocycles. The van der Waals surface area contributed by atoms with Gasteiger partial charge in [0.15, 0.2) is 0 Å². The Labute approximate surface area is 152 Å². The molecule has 0 radical (unpaired) electrons. The molecule has 0 bridgehead atoms. The van der Waals surface area contributed by atoms with Crippen LogP contribution in [0.5, 0.6) is 0 Å². The molecule has 1 aromatic carbocycles. The Hall–Kier alpha value is -0.810. The third-order valence-corrected chi connectivity index (χ3v) is 4.26. The summed E-state index contributed by atoms with van der Waals surface area (Å²) in [6, 6.07) is 10.6. The molecule has 0 saturated carbocycles. The van der Waals surface area contributed by atoms with E-state index in [2.05, 4.69) is 40.5 Å². The van der Waals surface area contributed by atoms with E-state index in [1.165, 1.54) is 5.56 Å². The van der Waals surface area contributed by atoms with Crippen LogP contribution in [0.1, 0.15) is 18.4 Å². The lowest BCUT2D eigenvalue weighted by Crippen LogP contribution is -2.42. The van der Waals surface area contributed by atoms with Crippen LogP contribution in [0.2, 0.25) is 0 Å². The summed E-state index contributed by atoms with van der Waals surface area (Å²) in [5.74, 6) is 0.517. The fourth-order valence-electron chi connectivity index (χ4n) is 2.88. The topological polar surface area (TPSA) is 35.6 Å². The maximum atomic E-state index is 12.3. The average Bonchev–Trinajstić information content (AvgIpc) is 2.53. The van der Waals surface area contributed by atoms with Crippen molar-refractivity contribution in [2.45, 2.75) is 19.4 Å². The van der Waals surface area contributed by atoms with E-state index in [0.717, 1.165) is 45.6 Å². The number of benzene rings is 1. The van der Waals surface area contributed by atoms with Gasteiger partial charge in [-0.15, -0.1) is 24.8 Å². The zero-order valence-corrected chi connectivity index (χ0v) is 15.7. The van der Waals surface area contributed by atoms with Crippen LogP contribution in [0.15, 0.2) is 30.3 Å². The third kappa shape index (κ3) is 7.08. The Morgan fingerprint density at radius 2 is 1.83 bits per heavy atom. The Kier molecular flexibility index (Phi) is 11.3. The molecule has 0 spiro atoms. The quantitative estimate of drug-likeness (QED) is 0.844. The van der Waals surface area contributed by atoms with Crippen LogP contribution in [-0.4, -0.2) is 56.0 Å². The highest BCUT2D eigenvalue weighted by molar-refractivity contribution is 5.85. The molecule has 1 aliphatic heterocycles. The molecule has 1 heterocycles. The largest absolute Gasteiger partial charge is 0.344 e. The minimum atomic E-state index is 0. The van der Waals surface area contributed by atoms with Crippen LogP contribution in [0.4, 0.5) is 0 Å². The van der Waals surface area contributed by atoms with Gasteiger partial charge in [-0.05, 0) is 38.5 Å². The SMILES string of the molecule is CNCCN(C)C(=O)C1CCN(Cc2ccccc2)CC1.Cl.Cl. The molecule has 0 aromatic heterocycles. The van der Waals surface area contributed by atoms with Crippen LogP contribution in [-0.2, 0) is 11.3 Å². The van der Waals surface area contributed by atoms with Crippen LogP contribution in [0.3, 0.4) is 0 Å². The lowest BCUT2D eigenvalue weighted by atomic mass is 9.95. The van der Waals surface area contributed by atoms with Crippen molar-refractivity contribution < 1.29 is 4.79 Å². The number of nitrogens with one attached hydrogen (secondary N) is 1. The van der Waals surface area contributed by atoms with Gasteiger partial charge in [-0.3, -0.25) is 9.69 Å². The fourth-order valence-corrected chi connectivity index (χ4v) is 2.88. The second-order valence-electron chi connectivity index (χ2n) is 5.90. The molecule has 0 unspecified atom stereocenters. The first-order valence-corrected chi connectivity index (χ1v) is 7.86. The van der Waals surface area contributed by atoms with Gasteiger partial charge < -0.3 is 10.2 Å². The minimum Gasteiger partial charge on any atom is -0.344 e. The van der Waals surface area contributed by atoms with Gasteiger partial charge in [0.2, 0.25) is 5.91 Å². The summed E-state index contributed by atoms with van der Waals surface area (Å²) < 4.78 is 0. The highest BCUT2D eigenvalue weighted by atomic mass is 35.5. The van der Waals surface area contributed by atoms with Gasteiger partial charge in [0.1, 0.15) is 0 Å². The Bertz CT molecular complexity index is 437. The summed E-state index contributed by atoms with van der Waals surface area (Å²) >= 11 is 0. The zero-order valence-electron chi connectivity index (χ0n) is 14.0. The number of carbonyl (C=O) groups excluding carboxylic acids is 1. The predicted octanol–water partition coefficient (Wildman–Crippen LogP) is 2.42. The standard InChI is InChI=1S/C17H27N3O.2ClH/c1-18-10-13-19(2)17(21)16-8-11-20(12-9-16)14-15-6-4-3-5-7-15;;/h3-7,16,18H,8-14H2,1-2H3;2*1H. The molecular weight excluding hydrogens is 333 g/mol. The zero-order chi connectivity index (χ0) is 15.1. The molecular formula is C17H29Cl2N3O. The number of carbonyl (C=O) groups is 1. The molecule has 1 aromatic rings. The van der Waals surface area contributed by atoms with Crippen molar-refractivity contribution in [2.24, 2.45) is 5.92 Å². The number of likely N-dealkylation sites (tertiary alicyclic amines) is 1. The van der Waals surface area contributed by atoms with Gasteiger partial charge in [-0.1, -0.05) is 30.3 Å². The Morgan fingerprint density at radius 3 is 2.39 bits per heavy atom. The van der Waals surface area contributed by atoms with Gasteiger partial charge in [0.05, 0.1) is 0 Å². The van der Waals surface area contributed by atoms with Crippen molar-refractivity contribution >= 4 is 30.7 Å². The van der Waals surface area contributed by atoms with Crippen molar-refractivity contribution in [1.29, 1.82) is 0 Å². The van der Waals surface area contributed by atoms with E-state index in [9.17, 15) is 4.79 Å². The number of hydrogen-bond donors (Lipinski definition) is 1. The lowest BCUT2D eigenvalue weighted by Gasteiger charge is -2.33. The first kappa shape index (κ1) is 22.2. The number of halogens is 2. The van der Waals surface area contributed by atoms with Crippen LogP contribution < -0.4 is 5.32 Å². The van der Waals surface area contributed by atoms with Gasteiger partial charge in [0, 0.05) is 32.6 Å². The van der Waals surface area contributed by atoms with Crippen LogP contribution in [0.25, 0.3) is 0 Å². The number of rotatable bonds is 6. The highest BCUT2D eigenvalue weighted by Gasteiger charge is 2.26. The molecule has 1 N–H and O–H groups in total. The maximum Gasteiger partial charge on any atom is 0.225 e. The minimum absolute atomic E-state index is 0. The second kappa shape index (κ2) is 11.7. The molecule has 0 aliphatic carbocycles. The lowest BCUT2D eigenvalue weighted by molar-refractivity contribution is -0.135. The number of hydrogen-bond acceptors (Lipinski definition) is 3. The van der Waals surface area contributed by atoms with E-state index in [1.807, 2.05) is 19.0 Å². The summed E-state index contributed by atoms with van der Waals surface area (Å²) in [6.07, 6.45) is 1.96. The van der Waals surface area contributed by atoms with Crippen molar-refractivity contribution in [3.8, 4) is 0 Å². The summed E-state index contributed by atoms with van der Waals surface area (Å²) in [5.41, 5.74) is 1.36. The van der Waals surface area contributed by atoms with Gasteiger partial charge in [0.25, 0.3) is 0 Å². The van der Waals surface area contributed by atoms with Crippen molar-refractivity contribution in [3.63, 3.8) is 0 Å². The predicted molar refractivity (Wildman–Crippen MR) is 101 cm³/mol. The molecule has 1 fully saturated rings. The van der Waals surface area contributed by atoms with E-state index >= 15 is 0 Å². The smallest absolute Gasteiger partial charge is 0.225 e. The second-order valence-corrected chi connectivity index (χ2v) is 5.90. The van der Waals surface area contributed by atoms with Crippen LogP contribution in [0, 0.1) is 5.92 Å². The normalized spacial score (nSPS) is 15.4. The van der Waals surface area contributed by atoms with Gasteiger partial charge in [-0.25, -0.2) is 0 Å². The molecule has 2 rings (SSSR count). The molecule has 1 aliphatic rings. The molecule has 132 valence electrons. The van der Waals surface area contributed by atoms with E-state index in [-0.39, 0.29) is 30.7 Å². The van der Waals surface area contributed by atoms with Crippen molar-refractivity contribution in [3.05, 3.63) is 35.9 Å². The summed E-state index contributed by atoms with van der Waals surface area (Å²) in [6.45, 7) is 4.68. The summed E-state index contributed by atoms with van der Waals surface area (Å²) in [5, 5.41) is 3.09. The first-order valence-electron chi connectivity index (χ1n) is 7.86. The number of amides is 1. The van der Waals surface area contributed by atoms with E-state index < -0.39 is 0 Å². The Balaban J connectivity index is 0.00000242. The molecule has 1 amide bonds. The Morgan fingerprint density at radius 1 is 1.22 bits per heavy atom. The monoisotopic (exact) mass is 361 g/mol.